The molecule has 0 bridgehead atoms. The highest BCUT2D eigenvalue weighted by atomic mass is 35.5. The third-order valence-electron chi connectivity index (χ3n) is 3.73. The average Bonchev–Trinajstić information content (AvgIpc) is 2.53. The molecule has 0 aliphatic carbocycles. The first kappa shape index (κ1) is 20.4. The number of carbonyl (C=O) groups is 2. The fraction of sp³-hybridized carbons (Fsp3) is 0.467. The van der Waals surface area contributed by atoms with Crippen molar-refractivity contribution in [3.8, 4) is 0 Å². The lowest BCUT2D eigenvalue weighted by Gasteiger charge is -2.22. The Morgan fingerprint density at radius 2 is 1.83 bits per heavy atom. The summed E-state index contributed by atoms with van der Waals surface area (Å²) in [5.41, 5.74) is 0.355. The van der Waals surface area contributed by atoms with E-state index >= 15 is 0 Å². The Kier molecular flexibility index (Phi) is 7.19. The molecule has 7 nitrogen and oxygen atoms in total. The van der Waals surface area contributed by atoms with Crippen molar-refractivity contribution in [1.29, 1.82) is 0 Å². The van der Waals surface area contributed by atoms with Gasteiger partial charge in [0.2, 0.25) is 5.91 Å². The Balaban J connectivity index is 0.00000288. The van der Waals surface area contributed by atoms with Gasteiger partial charge in [0.25, 0.3) is 0 Å². The van der Waals surface area contributed by atoms with E-state index in [2.05, 4.69) is 15.4 Å². The lowest BCUT2D eigenvalue weighted by atomic mass is 9.97. The number of benzene rings is 1. The van der Waals surface area contributed by atoms with E-state index in [0.717, 1.165) is 32.2 Å². The lowest BCUT2D eigenvalue weighted by Crippen LogP contribution is -2.34. The van der Waals surface area contributed by atoms with Crippen LogP contribution in [-0.4, -0.2) is 46.7 Å². The molecule has 1 saturated heterocycles. The van der Waals surface area contributed by atoms with E-state index in [1.807, 2.05) is 0 Å². The van der Waals surface area contributed by atoms with Crippen molar-refractivity contribution < 1.29 is 22.7 Å². The van der Waals surface area contributed by atoms with Gasteiger partial charge in [0.15, 0.2) is 9.84 Å². The highest BCUT2D eigenvalue weighted by Gasteiger charge is 2.22. The molecule has 0 spiro atoms. The molecule has 2 N–H and O–H groups in total. The van der Waals surface area contributed by atoms with Crippen molar-refractivity contribution in [1.82, 2.24) is 5.32 Å². The Morgan fingerprint density at radius 1 is 1.21 bits per heavy atom. The van der Waals surface area contributed by atoms with Crippen molar-refractivity contribution >= 4 is 39.8 Å². The van der Waals surface area contributed by atoms with Crippen LogP contribution in [-0.2, 0) is 19.4 Å². The third kappa shape index (κ3) is 5.19. The topological polar surface area (TPSA) is 102 Å². The predicted molar refractivity (Wildman–Crippen MR) is 92.4 cm³/mol. The lowest BCUT2D eigenvalue weighted by molar-refractivity contribution is -0.120. The predicted octanol–water partition coefficient (Wildman–Crippen LogP) is 1.24. The summed E-state index contributed by atoms with van der Waals surface area (Å²) in [6.07, 6.45) is 2.49. The van der Waals surface area contributed by atoms with Crippen molar-refractivity contribution in [3.63, 3.8) is 0 Å². The highest BCUT2D eigenvalue weighted by molar-refractivity contribution is 7.90. The van der Waals surface area contributed by atoms with Gasteiger partial charge in [-0.15, -0.1) is 12.4 Å². The first-order valence-corrected chi connectivity index (χ1v) is 9.15. The molecule has 0 atom stereocenters. The number of hydrogen-bond acceptors (Lipinski definition) is 6. The van der Waals surface area contributed by atoms with E-state index in [1.165, 1.54) is 25.3 Å². The van der Waals surface area contributed by atoms with Gasteiger partial charge in [-0.05, 0) is 44.1 Å². The Labute approximate surface area is 147 Å². The van der Waals surface area contributed by atoms with E-state index in [9.17, 15) is 18.0 Å². The van der Waals surface area contributed by atoms with Gasteiger partial charge in [0.05, 0.1) is 17.6 Å². The van der Waals surface area contributed by atoms with Crippen LogP contribution >= 0.6 is 12.4 Å². The molecule has 0 saturated carbocycles. The summed E-state index contributed by atoms with van der Waals surface area (Å²) in [5.74, 6) is -0.958. The smallest absolute Gasteiger partial charge is 0.337 e. The van der Waals surface area contributed by atoms with Crippen molar-refractivity contribution in [2.75, 3.05) is 31.8 Å². The van der Waals surface area contributed by atoms with E-state index in [1.54, 1.807) is 0 Å². The summed E-state index contributed by atoms with van der Waals surface area (Å²) in [7, 11) is -2.31. The second-order valence-corrected chi connectivity index (χ2v) is 7.54. The number of methoxy groups -OCH3 is 1. The molecule has 1 fully saturated rings. The molecular weight excluding hydrogens is 356 g/mol. The Morgan fingerprint density at radius 3 is 2.38 bits per heavy atom. The van der Waals surface area contributed by atoms with Gasteiger partial charge in [-0.2, -0.15) is 0 Å². The average molecular weight is 377 g/mol. The first-order chi connectivity index (χ1) is 10.8. The van der Waals surface area contributed by atoms with Gasteiger partial charge in [-0.3, -0.25) is 4.79 Å². The minimum absolute atomic E-state index is 0. The molecular formula is C15H21ClN2O5S. The molecule has 0 radical (unpaired) electrons. The maximum atomic E-state index is 12.3. The SMILES string of the molecule is COC(=O)c1cc(NC(=O)C2CCNCC2)cc(S(C)(=O)=O)c1.Cl. The second kappa shape index (κ2) is 8.46. The zero-order chi connectivity index (χ0) is 17.0. The number of nitrogens with one attached hydrogen (secondary N) is 2. The highest BCUT2D eigenvalue weighted by Crippen LogP contribution is 2.22. The minimum atomic E-state index is -3.52. The molecule has 1 aromatic rings. The van der Waals surface area contributed by atoms with Crippen LogP contribution < -0.4 is 10.6 Å². The molecule has 0 unspecified atom stereocenters. The standard InChI is InChI=1S/C15H20N2O5S.ClH/c1-22-15(19)11-7-12(9-13(8-11)23(2,20)21)17-14(18)10-3-5-16-6-4-10;/h7-10,16H,3-6H2,1-2H3,(H,17,18);1H. The number of hydrogen-bond donors (Lipinski definition) is 2. The quantitative estimate of drug-likeness (QED) is 0.766. The van der Waals surface area contributed by atoms with Gasteiger partial charge in [0.1, 0.15) is 0 Å². The molecule has 1 aromatic carbocycles. The molecule has 1 aliphatic heterocycles. The van der Waals surface area contributed by atoms with Crippen LogP contribution in [0.4, 0.5) is 5.69 Å². The monoisotopic (exact) mass is 376 g/mol. The summed E-state index contributed by atoms with van der Waals surface area (Å²) in [6.45, 7) is 1.55. The summed E-state index contributed by atoms with van der Waals surface area (Å²) in [5, 5.41) is 5.88. The van der Waals surface area contributed by atoms with Crippen LogP contribution in [0.25, 0.3) is 0 Å². The second-order valence-electron chi connectivity index (χ2n) is 5.52. The summed E-state index contributed by atoms with van der Waals surface area (Å²) in [6, 6.07) is 4.00. The van der Waals surface area contributed by atoms with E-state index in [-0.39, 0.29) is 40.4 Å². The van der Waals surface area contributed by atoms with Gasteiger partial charge >= 0.3 is 5.97 Å². The van der Waals surface area contributed by atoms with Crippen LogP contribution in [0.2, 0.25) is 0 Å². The number of ether oxygens (including phenoxy) is 1. The number of halogens is 1. The Hall–Kier alpha value is -1.64. The number of esters is 1. The van der Waals surface area contributed by atoms with Crippen LogP contribution in [0, 0.1) is 5.92 Å². The van der Waals surface area contributed by atoms with E-state index < -0.39 is 15.8 Å². The molecule has 1 heterocycles. The summed E-state index contributed by atoms with van der Waals surface area (Å²) in [4.78, 5) is 23.9. The summed E-state index contributed by atoms with van der Waals surface area (Å²) >= 11 is 0. The molecule has 1 aliphatic rings. The van der Waals surface area contributed by atoms with Gasteiger partial charge in [0, 0.05) is 17.9 Å². The minimum Gasteiger partial charge on any atom is -0.465 e. The number of anilines is 1. The zero-order valence-electron chi connectivity index (χ0n) is 13.5. The van der Waals surface area contributed by atoms with Gasteiger partial charge < -0.3 is 15.4 Å². The zero-order valence-corrected chi connectivity index (χ0v) is 15.1. The molecule has 2 rings (SSSR count). The number of carbonyl (C=O) groups excluding carboxylic acids is 2. The molecule has 0 aromatic heterocycles. The maximum absolute atomic E-state index is 12.3. The van der Waals surface area contributed by atoms with Crippen LogP contribution in [0.5, 0.6) is 0 Å². The van der Waals surface area contributed by atoms with Crippen LogP contribution in [0.3, 0.4) is 0 Å². The molecule has 9 heteroatoms. The van der Waals surface area contributed by atoms with Crippen LogP contribution in [0.15, 0.2) is 23.1 Å². The van der Waals surface area contributed by atoms with Crippen molar-refractivity contribution in [3.05, 3.63) is 23.8 Å². The number of amides is 1. The van der Waals surface area contributed by atoms with E-state index in [4.69, 9.17) is 0 Å². The third-order valence-corrected chi connectivity index (χ3v) is 4.83. The summed E-state index contributed by atoms with van der Waals surface area (Å²) < 4.78 is 28.2. The number of sulfone groups is 1. The Bertz CT molecular complexity index is 715. The van der Waals surface area contributed by atoms with Crippen LogP contribution in [0.1, 0.15) is 23.2 Å². The first-order valence-electron chi connectivity index (χ1n) is 7.26. The largest absolute Gasteiger partial charge is 0.465 e. The van der Waals surface area contributed by atoms with Gasteiger partial charge in [-0.1, -0.05) is 0 Å². The molecule has 1 amide bonds. The van der Waals surface area contributed by atoms with Crippen molar-refractivity contribution in [2.45, 2.75) is 17.7 Å². The molecule has 134 valence electrons. The van der Waals surface area contributed by atoms with Crippen molar-refractivity contribution in [2.24, 2.45) is 5.92 Å². The fourth-order valence-corrected chi connectivity index (χ4v) is 3.13. The number of piperidine rings is 1. The van der Waals surface area contributed by atoms with E-state index in [0.29, 0.717) is 0 Å². The molecule has 24 heavy (non-hydrogen) atoms. The van der Waals surface area contributed by atoms with Gasteiger partial charge in [-0.25, -0.2) is 13.2 Å². The maximum Gasteiger partial charge on any atom is 0.337 e. The fourth-order valence-electron chi connectivity index (χ4n) is 2.45. The normalized spacial score (nSPS) is 15.2. The number of rotatable bonds is 4.